The molecule has 1 unspecified atom stereocenters. The van der Waals surface area contributed by atoms with Crippen molar-refractivity contribution in [2.24, 2.45) is 0 Å². The number of carbonyl (C=O) groups excluding carboxylic acids is 1. The predicted molar refractivity (Wildman–Crippen MR) is 78.4 cm³/mol. The fraction of sp³-hybridized carbons (Fsp3) is 0.667. The summed E-state index contributed by atoms with van der Waals surface area (Å²) in [6, 6.07) is 3.27. The van der Waals surface area contributed by atoms with Crippen molar-refractivity contribution in [2.75, 3.05) is 6.54 Å². The Bertz CT molecular complexity index is 439. The molecule has 1 atom stereocenters. The van der Waals surface area contributed by atoms with Gasteiger partial charge in [-0.1, -0.05) is 0 Å². The fourth-order valence-corrected chi connectivity index (χ4v) is 3.74. The van der Waals surface area contributed by atoms with Crippen molar-refractivity contribution in [3.05, 3.63) is 21.9 Å². The van der Waals surface area contributed by atoms with Crippen LogP contribution >= 0.6 is 11.3 Å². The van der Waals surface area contributed by atoms with Gasteiger partial charge in [0.15, 0.2) is 0 Å². The maximum atomic E-state index is 11.6. The summed E-state index contributed by atoms with van der Waals surface area (Å²) < 4.78 is 0. The number of hydrogen-bond donors (Lipinski definition) is 2. The van der Waals surface area contributed by atoms with E-state index < -0.39 is 0 Å². The van der Waals surface area contributed by atoms with Crippen molar-refractivity contribution in [3.8, 4) is 0 Å². The van der Waals surface area contributed by atoms with Gasteiger partial charge in [0.2, 0.25) is 5.91 Å². The molecule has 1 saturated carbocycles. The van der Waals surface area contributed by atoms with E-state index in [0.717, 1.165) is 13.0 Å². The van der Waals surface area contributed by atoms with Gasteiger partial charge in [-0.3, -0.25) is 4.79 Å². The summed E-state index contributed by atoms with van der Waals surface area (Å²) in [6.07, 6.45) is 7.71. The summed E-state index contributed by atoms with van der Waals surface area (Å²) in [5.41, 5.74) is 1.50. The van der Waals surface area contributed by atoms with Crippen molar-refractivity contribution in [3.63, 3.8) is 0 Å². The Morgan fingerprint density at radius 2 is 2.26 bits per heavy atom. The van der Waals surface area contributed by atoms with Crippen LogP contribution in [0.5, 0.6) is 0 Å². The van der Waals surface area contributed by atoms with Gasteiger partial charge in [0.1, 0.15) is 0 Å². The molecular weight excluding hydrogens is 256 g/mol. The summed E-state index contributed by atoms with van der Waals surface area (Å²) in [6.45, 7) is 0.943. The Morgan fingerprint density at radius 1 is 1.37 bits per heavy atom. The molecule has 0 saturated heterocycles. The van der Waals surface area contributed by atoms with Crippen LogP contribution in [0.1, 0.15) is 55.0 Å². The Kier molecular flexibility index (Phi) is 4.18. The molecule has 0 bridgehead atoms. The number of amides is 1. The van der Waals surface area contributed by atoms with E-state index in [4.69, 9.17) is 0 Å². The molecule has 0 aromatic carbocycles. The number of nitrogens with one attached hydrogen (secondary N) is 2. The van der Waals surface area contributed by atoms with E-state index in [1.165, 1.54) is 37.7 Å². The van der Waals surface area contributed by atoms with Gasteiger partial charge in [-0.25, -0.2) is 0 Å². The number of aryl methyl sites for hydroxylation is 1. The monoisotopic (exact) mass is 278 g/mol. The third kappa shape index (κ3) is 3.57. The molecule has 0 aliphatic heterocycles. The maximum absolute atomic E-state index is 11.6. The SMILES string of the molecule is O=C(CCCNC1CCCc2sccc21)NC1CC1. The first-order valence-corrected chi connectivity index (χ1v) is 8.30. The molecule has 1 fully saturated rings. The molecule has 104 valence electrons. The zero-order valence-electron chi connectivity index (χ0n) is 11.3. The molecule has 2 N–H and O–H groups in total. The summed E-state index contributed by atoms with van der Waals surface area (Å²) in [4.78, 5) is 13.1. The van der Waals surface area contributed by atoms with Crippen LogP contribution in [0.15, 0.2) is 11.4 Å². The quantitative estimate of drug-likeness (QED) is 0.786. The topological polar surface area (TPSA) is 41.1 Å². The van der Waals surface area contributed by atoms with E-state index in [1.54, 1.807) is 4.88 Å². The highest BCUT2D eigenvalue weighted by molar-refractivity contribution is 7.10. The van der Waals surface area contributed by atoms with Crippen LogP contribution in [0.4, 0.5) is 0 Å². The molecule has 3 nitrogen and oxygen atoms in total. The van der Waals surface area contributed by atoms with E-state index in [-0.39, 0.29) is 5.91 Å². The lowest BCUT2D eigenvalue weighted by atomic mass is 9.94. The first-order chi connectivity index (χ1) is 9.33. The molecular formula is C15H22N2OS. The molecule has 3 rings (SSSR count). The zero-order valence-corrected chi connectivity index (χ0v) is 12.1. The van der Waals surface area contributed by atoms with Gasteiger partial charge in [-0.15, -0.1) is 11.3 Å². The zero-order chi connectivity index (χ0) is 13.1. The molecule has 1 aromatic heterocycles. The van der Waals surface area contributed by atoms with Gasteiger partial charge in [0, 0.05) is 23.4 Å². The van der Waals surface area contributed by atoms with E-state index in [2.05, 4.69) is 22.1 Å². The Labute approximate surface area is 118 Å². The van der Waals surface area contributed by atoms with E-state index in [1.807, 2.05) is 11.3 Å². The number of rotatable bonds is 6. The standard InChI is InChI=1S/C15H22N2OS/c18-15(17-11-6-7-11)5-2-9-16-13-3-1-4-14-12(13)8-10-19-14/h8,10-11,13,16H,1-7,9H2,(H,17,18). The van der Waals surface area contributed by atoms with E-state index in [0.29, 0.717) is 18.5 Å². The normalized spacial score (nSPS) is 22.0. The van der Waals surface area contributed by atoms with Crippen molar-refractivity contribution >= 4 is 17.2 Å². The fourth-order valence-electron chi connectivity index (χ4n) is 2.75. The summed E-state index contributed by atoms with van der Waals surface area (Å²) >= 11 is 1.88. The minimum absolute atomic E-state index is 0.226. The minimum atomic E-state index is 0.226. The van der Waals surface area contributed by atoms with Crippen LogP contribution in [0.25, 0.3) is 0 Å². The van der Waals surface area contributed by atoms with Crippen molar-refractivity contribution in [1.82, 2.24) is 10.6 Å². The van der Waals surface area contributed by atoms with Crippen LogP contribution in [-0.4, -0.2) is 18.5 Å². The number of thiophene rings is 1. The second kappa shape index (κ2) is 6.06. The smallest absolute Gasteiger partial charge is 0.220 e. The molecule has 0 radical (unpaired) electrons. The van der Waals surface area contributed by atoms with Gasteiger partial charge in [-0.2, -0.15) is 0 Å². The van der Waals surface area contributed by atoms with Gasteiger partial charge in [-0.05, 0) is 62.1 Å². The number of carbonyl (C=O) groups is 1. The van der Waals surface area contributed by atoms with Crippen LogP contribution < -0.4 is 10.6 Å². The van der Waals surface area contributed by atoms with Crippen molar-refractivity contribution in [1.29, 1.82) is 0 Å². The van der Waals surface area contributed by atoms with E-state index in [9.17, 15) is 4.79 Å². The number of fused-ring (bicyclic) bond motifs is 1. The van der Waals surface area contributed by atoms with Crippen LogP contribution in [0.2, 0.25) is 0 Å². The second-order valence-electron chi connectivity index (χ2n) is 5.64. The van der Waals surface area contributed by atoms with Gasteiger partial charge < -0.3 is 10.6 Å². The first-order valence-electron chi connectivity index (χ1n) is 7.42. The van der Waals surface area contributed by atoms with Crippen LogP contribution in [0, 0.1) is 0 Å². The average molecular weight is 278 g/mol. The largest absolute Gasteiger partial charge is 0.353 e. The molecule has 4 heteroatoms. The van der Waals surface area contributed by atoms with Crippen molar-refractivity contribution in [2.45, 2.75) is 57.0 Å². The highest BCUT2D eigenvalue weighted by Crippen LogP contribution is 2.33. The minimum Gasteiger partial charge on any atom is -0.353 e. The summed E-state index contributed by atoms with van der Waals surface area (Å²) in [5.74, 6) is 0.226. The third-order valence-electron chi connectivity index (χ3n) is 3.97. The molecule has 0 spiro atoms. The molecule has 2 aliphatic carbocycles. The van der Waals surface area contributed by atoms with Gasteiger partial charge in [0.25, 0.3) is 0 Å². The summed E-state index contributed by atoms with van der Waals surface area (Å²) in [7, 11) is 0. The van der Waals surface area contributed by atoms with Crippen LogP contribution in [-0.2, 0) is 11.2 Å². The predicted octanol–water partition coefficient (Wildman–Crippen LogP) is 2.77. The van der Waals surface area contributed by atoms with E-state index >= 15 is 0 Å². The molecule has 19 heavy (non-hydrogen) atoms. The molecule has 1 amide bonds. The molecule has 1 aromatic rings. The summed E-state index contributed by atoms with van der Waals surface area (Å²) in [5, 5.41) is 8.86. The van der Waals surface area contributed by atoms with Gasteiger partial charge in [0.05, 0.1) is 0 Å². The highest BCUT2D eigenvalue weighted by Gasteiger charge is 2.23. The lowest BCUT2D eigenvalue weighted by molar-refractivity contribution is -0.121. The Hall–Kier alpha value is -0.870. The average Bonchev–Trinajstić information content (AvgIpc) is 3.07. The van der Waals surface area contributed by atoms with Crippen molar-refractivity contribution < 1.29 is 4.79 Å². The van der Waals surface area contributed by atoms with Gasteiger partial charge >= 0.3 is 0 Å². The first kappa shape index (κ1) is 13.1. The maximum Gasteiger partial charge on any atom is 0.220 e. The van der Waals surface area contributed by atoms with Crippen LogP contribution in [0.3, 0.4) is 0 Å². The lowest BCUT2D eigenvalue weighted by Crippen LogP contribution is -2.28. The molecule has 1 heterocycles. The Balaban J connectivity index is 1.37. The number of hydrogen-bond acceptors (Lipinski definition) is 3. The third-order valence-corrected chi connectivity index (χ3v) is 4.96. The highest BCUT2D eigenvalue weighted by atomic mass is 32.1. The Morgan fingerprint density at radius 3 is 3.11 bits per heavy atom. The molecule has 2 aliphatic rings. The second-order valence-corrected chi connectivity index (χ2v) is 6.64. The lowest BCUT2D eigenvalue weighted by Gasteiger charge is -2.23.